The Kier molecular flexibility index (Phi) is 5.88. The Labute approximate surface area is 146 Å². The summed E-state index contributed by atoms with van der Waals surface area (Å²) in [5.41, 5.74) is 4.18. The van der Waals surface area contributed by atoms with Crippen LogP contribution in [0.4, 0.5) is 0 Å². The predicted octanol–water partition coefficient (Wildman–Crippen LogP) is 6.03. The van der Waals surface area contributed by atoms with Gasteiger partial charge in [0.2, 0.25) is 0 Å². The summed E-state index contributed by atoms with van der Waals surface area (Å²) in [6, 6.07) is 17.2. The van der Waals surface area contributed by atoms with E-state index in [1.807, 2.05) is 0 Å². The average Bonchev–Trinajstić information content (AvgIpc) is 2.46. The smallest absolute Gasteiger partial charge is 0.0189 e. The lowest BCUT2D eigenvalue weighted by Gasteiger charge is -2.32. The molecule has 0 aromatic heterocycles. The molecule has 0 N–H and O–H groups in total. The molecule has 0 fully saturated rings. The van der Waals surface area contributed by atoms with Crippen molar-refractivity contribution in [1.82, 2.24) is 0 Å². The minimum absolute atomic E-state index is 0.0755. The van der Waals surface area contributed by atoms with E-state index >= 15 is 0 Å². The van der Waals surface area contributed by atoms with E-state index in [9.17, 15) is 0 Å². The van der Waals surface area contributed by atoms with Crippen LogP contribution in [0.5, 0.6) is 0 Å². The number of alkyl halides is 2. The van der Waals surface area contributed by atoms with Crippen LogP contribution in [-0.4, -0.2) is 10.7 Å². The van der Waals surface area contributed by atoms with E-state index in [-0.39, 0.29) is 5.41 Å². The zero-order valence-corrected chi connectivity index (χ0v) is 16.1. The maximum atomic E-state index is 3.74. The zero-order valence-electron chi connectivity index (χ0n) is 11.4. The standard InChI is InChI=1S/C17H17Br3/c1-13-5-2-3-8-16(13)17(11-18,12-19)10-14-6-4-7-15(20)9-14/h2-9H,10-12H2,1H3. The molecule has 2 aromatic carbocycles. The van der Waals surface area contributed by atoms with Gasteiger partial charge >= 0.3 is 0 Å². The molecule has 20 heavy (non-hydrogen) atoms. The number of benzene rings is 2. The van der Waals surface area contributed by atoms with Gasteiger partial charge in [-0.2, -0.15) is 0 Å². The molecule has 0 spiro atoms. The second-order valence-corrected chi connectivity index (χ2v) is 7.21. The van der Waals surface area contributed by atoms with E-state index in [2.05, 4.69) is 103 Å². The molecule has 0 bridgehead atoms. The molecule has 0 amide bonds. The Hall–Kier alpha value is -0.120. The predicted molar refractivity (Wildman–Crippen MR) is 98.3 cm³/mol. The van der Waals surface area contributed by atoms with Crippen LogP contribution in [0.25, 0.3) is 0 Å². The molecule has 0 radical (unpaired) electrons. The molecule has 0 nitrogen and oxygen atoms in total. The van der Waals surface area contributed by atoms with Crippen LogP contribution in [0.15, 0.2) is 53.0 Å². The van der Waals surface area contributed by atoms with E-state index in [0.717, 1.165) is 21.6 Å². The van der Waals surface area contributed by atoms with Gasteiger partial charge in [-0.15, -0.1) is 0 Å². The molecule has 106 valence electrons. The first-order chi connectivity index (χ1) is 9.61. The monoisotopic (exact) mass is 458 g/mol. The van der Waals surface area contributed by atoms with Crippen LogP contribution >= 0.6 is 47.8 Å². The lowest BCUT2D eigenvalue weighted by molar-refractivity contribution is 0.547. The van der Waals surface area contributed by atoms with E-state index in [1.165, 1.54) is 16.7 Å². The summed E-state index contributed by atoms with van der Waals surface area (Å²) in [5, 5.41) is 1.87. The Morgan fingerprint density at radius 1 is 0.950 bits per heavy atom. The highest BCUT2D eigenvalue weighted by Crippen LogP contribution is 2.35. The Balaban J connectivity index is 2.42. The van der Waals surface area contributed by atoms with Crippen LogP contribution in [0.2, 0.25) is 0 Å². The molecule has 0 saturated heterocycles. The summed E-state index contributed by atoms with van der Waals surface area (Å²) < 4.78 is 1.14. The van der Waals surface area contributed by atoms with E-state index in [1.54, 1.807) is 0 Å². The summed E-state index contributed by atoms with van der Waals surface area (Å²) in [5.74, 6) is 0. The van der Waals surface area contributed by atoms with Gasteiger partial charge in [-0.05, 0) is 42.2 Å². The topological polar surface area (TPSA) is 0 Å². The van der Waals surface area contributed by atoms with Crippen LogP contribution in [0, 0.1) is 6.92 Å². The highest BCUT2D eigenvalue weighted by atomic mass is 79.9. The fourth-order valence-electron chi connectivity index (χ4n) is 2.57. The van der Waals surface area contributed by atoms with Gasteiger partial charge in [0.15, 0.2) is 0 Å². The van der Waals surface area contributed by atoms with Crippen molar-refractivity contribution in [2.45, 2.75) is 18.8 Å². The van der Waals surface area contributed by atoms with E-state index < -0.39 is 0 Å². The molecular formula is C17H17Br3. The number of hydrogen-bond donors (Lipinski definition) is 0. The highest BCUT2D eigenvalue weighted by molar-refractivity contribution is 9.10. The van der Waals surface area contributed by atoms with Gasteiger partial charge in [0.05, 0.1) is 0 Å². The molecule has 0 saturated carbocycles. The number of aryl methyl sites for hydroxylation is 1. The van der Waals surface area contributed by atoms with Gasteiger partial charge < -0.3 is 0 Å². The molecule has 0 aliphatic heterocycles. The molecule has 0 atom stereocenters. The molecular weight excluding hydrogens is 444 g/mol. The van der Waals surface area contributed by atoms with Gasteiger partial charge in [0.1, 0.15) is 0 Å². The van der Waals surface area contributed by atoms with Crippen molar-refractivity contribution in [2.24, 2.45) is 0 Å². The summed E-state index contributed by atoms with van der Waals surface area (Å²) >= 11 is 11.0. The molecule has 3 heteroatoms. The summed E-state index contributed by atoms with van der Waals surface area (Å²) in [4.78, 5) is 0. The molecule has 0 aliphatic rings. The van der Waals surface area contributed by atoms with Gasteiger partial charge in [-0.1, -0.05) is 84.2 Å². The first-order valence-electron chi connectivity index (χ1n) is 6.54. The van der Waals surface area contributed by atoms with E-state index in [0.29, 0.717) is 0 Å². The van der Waals surface area contributed by atoms with E-state index in [4.69, 9.17) is 0 Å². The number of halogens is 3. The second kappa shape index (κ2) is 7.24. The molecule has 0 aliphatic carbocycles. The third-order valence-electron chi connectivity index (χ3n) is 3.66. The van der Waals surface area contributed by atoms with Crippen molar-refractivity contribution in [3.63, 3.8) is 0 Å². The quantitative estimate of drug-likeness (QED) is 0.478. The summed E-state index contributed by atoms with van der Waals surface area (Å²) in [6.07, 6.45) is 1.01. The fourth-order valence-corrected chi connectivity index (χ4v) is 4.95. The van der Waals surface area contributed by atoms with Crippen molar-refractivity contribution < 1.29 is 0 Å². The minimum Gasteiger partial charge on any atom is -0.0918 e. The average molecular weight is 461 g/mol. The largest absolute Gasteiger partial charge is 0.0918 e. The van der Waals surface area contributed by atoms with Crippen molar-refractivity contribution >= 4 is 47.8 Å². The normalized spacial score (nSPS) is 11.6. The lowest BCUT2D eigenvalue weighted by atomic mass is 9.77. The minimum atomic E-state index is 0.0755. The highest BCUT2D eigenvalue weighted by Gasteiger charge is 2.31. The van der Waals surface area contributed by atoms with Crippen LogP contribution in [-0.2, 0) is 11.8 Å². The van der Waals surface area contributed by atoms with Gasteiger partial charge in [-0.3, -0.25) is 0 Å². The molecule has 2 aromatic rings. The van der Waals surface area contributed by atoms with Crippen LogP contribution < -0.4 is 0 Å². The maximum absolute atomic E-state index is 3.74. The van der Waals surface area contributed by atoms with Crippen molar-refractivity contribution in [2.75, 3.05) is 10.7 Å². The zero-order chi connectivity index (χ0) is 14.6. The van der Waals surface area contributed by atoms with Crippen molar-refractivity contribution in [3.8, 4) is 0 Å². The first kappa shape index (κ1) is 16.3. The molecule has 2 rings (SSSR count). The third kappa shape index (κ3) is 3.55. The Morgan fingerprint density at radius 2 is 1.65 bits per heavy atom. The second-order valence-electron chi connectivity index (χ2n) is 5.17. The van der Waals surface area contributed by atoms with Gasteiger partial charge in [0, 0.05) is 20.5 Å². The SMILES string of the molecule is Cc1ccccc1C(CBr)(CBr)Cc1cccc(Br)c1. The third-order valence-corrected chi connectivity index (χ3v) is 6.30. The van der Waals surface area contributed by atoms with Crippen molar-refractivity contribution in [1.29, 1.82) is 0 Å². The Bertz CT molecular complexity index is 574. The maximum Gasteiger partial charge on any atom is 0.0189 e. The van der Waals surface area contributed by atoms with Gasteiger partial charge in [0.25, 0.3) is 0 Å². The first-order valence-corrected chi connectivity index (χ1v) is 9.57. The number of hydrogen-bond acceptors (Lipinski definition) is 0. The van der Waals surface area contributed by atoms with Crippen molar-refractivity contribution in [3.05, 3.63) is 69.7 Å². The summed E-state index contributed by atoms with van der Waals surface area (Å²) in [6.45, 7) is 2.19. The Morgan fingerprint density at radius 3 is 2.25 bits per heavy atom. The molecule has 0 unspecified atom stereocenters. The van der Waals surface area contributed by atoms with Gasteiger partial charge in [-0.25, -0.2) is 0 Å². The van der Waals surface area contributed by atoms with Crippen LogP contribution in [0.1, 0.15) is 16.7 Å². The lowest BCUT2D eigenvalue weighted by Crippen LogP contribution is -2.33. The van der Waals surface area contributed by atoms with Crippen LogP contribution in [0.3, 0.4) is 0 Å². The molecule has 0 heterocycles. The fraction of sp³-hybridized carbons (Fsp3) is 0.294. The summed E-state index contributed by atoms with van der Waals surface area (Å²) in [7, 11) is 0. The number of rotatable bonds is 5.